The lowest BCUT2D eigenvalue weighted by molar-refractivity contribution is 0.0977. The molecule has 1 aromatic carbocycles. The summed E-state index contributed by atoms with van der Waals surface area (Å²) in [5.41, 5.74) is -0.807. The van der Waals surface area contributed by atoms with Crippen LogP contribution in [0.2, 0.25) is 5.02 Å². The number of sulfonamides is 1. The Kier molecular flexibility index (Phi) is 6.41. The van der Waals surface area contributed by atoms with E-state index in [0.29, 0.717) is 31.2 Å². The lowest BCUT2D eigenvalue weighted by Gasteiger charge is -2.17. The van der Waals surface area contributed by atoms with Gasteiger partial charge in [0.2, 0.25) is 10.0 Å². The molecule has 1 aromatic heterocycles. The molecule has 2 aromatic rings. The number of halogens is 4. The van der Waals surface area contributed by atoms with Crippen LogP contribution in [0.3, 0.4) is 0 Å². The van der Waals surface area contributed by atoms with E-state index in [2.05, 4.69) is 10.3 Å². The molecule has 0 bridgehead atoms. The summed E-state index contributed by atoms with van der Waals surface area (Å²) in [4.78, 5) is 15.8. The van der Waals surface area contributed by atoms with Crippen LogP contribution in [0.4, 0.5) is 19.0 Å². The van der Waals surface area contributed by atoms with Gasteiger partial charge in [0, 0.05) is 12.1 Å². The lowest BCUT2D eigenvalue weighted by Crippen LogP contribution is -2.30. The number of nitrogens with zero attached hydrogens (tertiary/aromatic N) is 1. The Morgan fingerprint density at radius 3 is 2.57 bits per heavy atom. The van der Waals surface area contributed by atoms with Crippen LogP contribution in [0, 0.1) is 11.6 Å². The number of nitrogens with one attached hydrogen (secondary N) is 2. The number of benzene rings is 1. The van der Waals surface area contributed by atoms with Crippen LogP contribution in [-0.2, 0) is 10.0 Å². The number of hydrogen-bond donors (Lipinski definition) is 2. The number of ether oxygens (including phenoxy) is 1. The molecule has 1 heterocycles. The average molecular weight is 464 g/mol. The van der Waals surface area contributed by atoms with Crippen LogP contribution in [0.1, 0.15) is 29.6 Å². The molecule has 1 aliphatic carbocycles. The molecule has 0 spiro atoms. The minimum Gasteiger partial charge on any atom is -0.452 e. The van der Waals surface area contributed by atoms with E-state index in [0.717, 1.165) is 6.42 Å². The molecule has 1 fully saturated rings. The molecule has 12 heteroatoms. The normalized spacial score (nSPS) is 18.8. The molecule has 0 unspecified atom stereocenters. The fraction of sp³-hybridized carbons (Fsp3) is 0.333. The summed E-state index contributed by atoms with van der Waals surface area (Å²) in [6, 6.07) is 2.00. The average Bonchev–Trinajstić information content (AvgIpc) is 3.03. The molecule has 7 nitrogen and oxygen atoms in total. The fourth-order valence-electron chi connectivity index (χ4n) is 2.97. The maximum atomic E-state index is 14.3. The number of pyridine rings is 1. The topological polar surface area (TPSA) is 97.4 Å². The van der Waals surface area contributed by atoms with E-state index < -0.39 is 51.1 Å². The number of carbonyl (C=O) groups excluding carboxylic acids is 1. The molecule has 3 rings (SSSR count). The highest BCUT2D eigenvalue weighted by Gasteiger charge is 2.27. The minimum atomic E-state index is -3.95. The minimum absolute atomic E-state index is 0.0274. The molecular weight excluding hydrogens is 447 g/mol. The molecule has 2 atom stereocenters. The predicted molar refractivity (Wildman–Crippen MR) is 104 cm³/mol. The van der Waals surface area contributed by atoms with Crippen molar-refractivity contribution >= 4 is 33.3 Å². The molecule has 0 aliphatic heterocycles. The third-order valence-electron chi connectivity index (χ3n) is 4.34. The van der Waals surface area contributed by atoms with Gasteiger partial charge >= 0.3 is 0 Å². The standard InChI is InChI=1S/C18H17ClF3N3O4S/c1-30(27,28)25-18(26)10-6-14(22)16(7-13(10)21)29-9-5-11(19)17(23-8-9)24-15-4-2-3-12(15)20/h5-8,12,15H,2-4H2,1H3,(H,23,24)(H,25,26)/t12-,15-/m1/s1. The van der Waals surface area contributed by atoms with Crippen molar-refractivity contribution < 1.29 is 31.1 Å². The number of amides is 1. The molecule has 1 aliphatic rings. The summed E-state index contributed by atoms with van der Waals surface area (Å²) in [6.45, 7) is 0. The van der Waals surface area contributed by atoms with Gasteiger partial charge in [-0.3, -0.25) is 4.79 Å². The Morgan fingerprint density at radius 2 is 1.97 bits per heavy atom. The molecular formula is C18H17ClF3N3O4S. The SMILES string of the molecule is CS(=O)(=O)NC(=O)c1cc(F)c(Oc2cnc(N[C@@H]3CCC[C@H]3F)c(Cl)c2)cc1F. The number of alkyl halides is 1. The van der Waals surface area contributed by atoms with Crippen LogP contribution in [0.5, 0.6) is 11.5 Å². The number of rotatable bonds is 6. The maximum Gasteiger partial charge on any atom is 0.267 e. The van der Waals surface area contributed by atoms with Gasteiger partial charge in [0.25, 0.3) is 5.91 Å². The van der Waals surface area contributed by atoms with E-state index in [-0.39, 0.29) is 16.6 Å². The second-order valence-electron chi connectivity index (χ2n) is 6.77. The quantitative estimate of drug-likeness (QED) is 0.676. The van der Waals surface area contributed by atoms with Crippen molar-refractivity contribution in [3.8, 4) is 11.5 Å². The summed E-state index contributed by atoms with van der Waals surface area (Å²) in [5.74, 6) is -3.99. The summed E-state index contributed by atoms with van der Waals surface area (Å²) in [5, 5.41) is 3.00. The van der Waals surface area contributed by atoms with Crippen LogP contribution < -0.4 is 14.8 Å². The van der Waals surface area contributed by atoms with E-state index in [9.17, 15) is 26.4 Å². The Morgan fingerprint density at radius 1 is 1.23 bits per heavy atom. The van der Waals surface area contributed by atoms with E-state index in [1.54, 1.807) is 4.72 Å². The number of carbonyl (C=O) groups is 1. The monoisotopic (exact) mass is 463 g/mol. The number of aromatic nitrogens is 1. The van der Waals surface area contributed by atoms with Gasteiger partial charge in [-0.25, -0.2) is 31.3 Å². The van der Waals surface area contributed by atoms with Gasteiger partial charge in [-0.1, -0.05) is 11.6 Å². The molecule has 162 valence electrons. The van der Waals surface area contributed by atoms with Crippen molar-refractivity contribution in [2.75, 3.05) is 11.6 Å². The third-order valence-corrected chi connectivity index (χ3v) is 5.19. The first-order valence-corrected chi connectivity index (χ1v) is 11.1. The number of anilines is 1. The Labute approximate surface area is 175 Å². The van der Waals surface area contributed by atoms with Crippen molar-refractivity contribution in [2.24, 2.45) is 0 Å². The van der Waals surface area contributed by atoms with Crippen molar-refractivity contribution in [3.63, 3.8) is 0 Å². The third kappa shape index (κ3) is 5.33. The molecule has 1 amide bonds. The molecule has 30 heavy (non-hydrogen) atoms. The highest BCUT2D eigenvalue weighted by molar-refractivity contribution is 7.89. The zero-order valence-corrected chi connectivity index (χ0v) is 17.2. The highest BCUT2D eigenvalue weighted by atomic mass is 35.5. The van der Waals surface area contributed by atoms with Crippen molar-refractivity contribution in [2.45, 2.75) is 31.5 Å². The first kappa shape index (κ1) is 22.2. The summed E-state index contributed by atoms with van der Waals surface area (Å²) in [7, 11) is -3.95. The van der Waals surface area contributed by atoms with Gasteiger partial charge in [-0.2, -0.15) is 0 Å². The zero-order chi connectivity index (χ0) is 22.1. The Bertz CT molecular complexity index is 1080. The lowest BCUT2D eigenvalue weighted by atomic mass is 10.2. The Balaban J connectivity index is 1.76. The fourth-order valence-corrected chi connectivity index (χ4v) is 3.62. The van der Waals surface area contributed by atoms with Crippen LogP contribution in [0.25, 0.3) is 0 Å². The van der Waals surface area contributed by atoms with Crippen LogP contribution >= 0.6 is 11.6 Å². The Hall–Kier alpha value is -2.53. The maximum absolute atomic E-state index is 14.3. The van der Waals surface area contributed by atoms with Gasteiger partial charge in [-0.15, -0.1) is 0 Å². The van der Waals surface area contributed by atoms with Crippen molar-refractivity contribution in [1.82, 2.24) is 9.71 Å². The molecule has 2 N–H and O–H groups in total. The molecule has 0 radical (unpaired) electrons. The van der Waals surface area contributed by atoms with Gasteiger partial charge < -0.3 is 10.1 Å². The van der Waals surface area contributed by atoms with Crippen molar-refractivity contribution in [3.05, 3.63) is 46.6 Å². The number of hydrogen-bond acceptors (Lipinski definition) is 6. The summed E-state index contributed by atoms with van der Waals surface area (Å²) < 4.78 is 71.1. The van der Waals surface area contributed by atoms with Gasteiger partial charge in [0.15, 0.2) is 11.6 Å². The first-order chi connectivity index (χ1) is 14.0. The van der Waals surface area contributed by atoms with Gasteiger partial charge in [-0.05, 0) is 25.3 Å². The summed E-state index contributed by atoms with van der Waals surface area (Å²) in [6.07, 6.45) is 2.74. The highest BCUT2D eigenvalue weighted by Crippen LogP contribution is 2.32. The second kappa shape index (κ2) is 8.68. The summed E-state index contributed by atoms with van der Waals surface area (Å²) >= 11 is 6.12. The smallest absolute Gasteiger partial charge is 0.267 e. The van der Waals surface area contributed by atoms with Crippen LogP contribution in [0.15, 0.2) is 24.4 Å². The van der Waals surface area contributed by atoms with Crippen molar-refractivity contribution in [1.29, 1.82) is 0 Å². The van der Waals surface area contributed by atoms with E-state index in [4.69, 9.17) is 16.3 Å². The first-order valence-electron chi connectivity index (χ1n) is 8.78. The zero-order valence-electron chi connectivity index (χ0n) is 15.6. The molecule has 0 saturated heterocycles. The largest absolute Gasteiger partial charge is 0.452 e. The van der Waals surface area contributed by atoms with Gasteiger partial charge in [0.1, 0.15) is 23.6 Å². The molecule has 1 saturated carbocycles. The van der Waals surface area contributed by atoms with E-state index in [1.165, 1.54) is 12.3 Å². The van der Waals surface area contributed by atoms with Crippen LogP contribution in [-0.4, -0.2) is 37.8 Å². The van der Waals surface area contributed by atoms with E-state index in [1.807, 2.05) is 0 Å². The second-order valence-corrected chi connectivity index (χ2v) is 8.92. The van der Waals surface area contributed by atoms with Gasteiger partial charge in [0.05, 0.1) is 29.1 Å². The van der Waals surface area contributed by atoms with E-state index >= 15 is 0 Å². The predicted octanol–water partition coefficient (Wildman–Crippen LogP) is 3.80.